The number of aryl methyl sites for hydroxylation is 1. The van der Waals surface area contributed by atoms with Crippen molar-refractivity contribution in [3.8, 4) is 17.1 Å². The number of nitrogens with zero attached hydrogens (tertiary/aromatic N) is 1. The molecule has 30 heavy (non-hydrogen) atoms. The summed E-state index contributed by atoms with van der Waals surface area (Å²) in [6.07, 6.45) is 1.74. The average molecular weight is 412 g/mol. The summed E-state index contributed by atoms with van der Waals surface area (Å²) in [5.41, 5.74) is -0.605. The number of aliphatic carboxylic acids is 1. The highest BCUT2D eigenvalue weighted by Gasteiger charge is 2.36. The number of amides is 1. The number of carbonyl (C=O) groups is 2. The summed E-state index contributed by atoms with van der Waals surface area (Å²) in [7, 11) is 1.58. The Morgan fingerprint density at radius 3 is 2.43 bits per heavy atom. The zero-order valence-electron chi connectivity index (χ0n) is 16.5. The van der Waals surface area contributed by atoms with Crippen molar-refractivity contribution in [3.05, 3.63) is 72.0 Å². The van der Waals surface area contributed by atoms with Gasteiger partial charge in [-0.15, -0.1) is 0 Å². The molecule has 1 heterocycles. The Morgan fingerprint density at radius 2 is 1.83 bits per heavy atom. The van der Waals surface area contributed by atoms with Gasteiger partial charge in [-0.3, -0.25) is 4.79 Å². The highest BCUT2D eigenvalue weighted by Crippen LogP contribution is 2.24. The molecule has 156 valence electrons. The highest BCUT2D eigenvalue weighted by atomic mass is 19.1. The van der Waals surface area contributed by atoms with Crippen LogP contribution in [0, 0.1) is 5.82 Å². The van der Waals surface area contributed by atoms with Crippen molar-refractivity contribution in [2.45, 2.75) is 25.3 Å². The maximum absolute atomic E-state index is 13.2. The van der Waals surface area contributed by atoms with Gasteiger partial charge in [0.25, 0.3) is 0 Å². The molecule has 0 fully saturated rings. The largest absolute Gasteiger partial charge is 0.497 e. The minimum atomic E-state index is -1.68. The van der Waals surface area contributed by atoms with E-state index >= 15 is 0 Å². The lowest BCUT2D eigenvalue weighted by Gasteiger charge is -2.26. The van der Waals surface area contributed by atoms with Crippen molar-refractivity contribution in [1.29, 1.82) is 0 Å². The molecule has 2 N–H and O–H groups in total. The van der Waals surface area contributed by atoms with Crippen LogP contribution in [0.4, 0.5) is 4.39 Å². The minimum absolute atomic E-state index is 0.0212. The first-order valence-electron chi connectivity index (χ1n) is 9.21. The predicted molar refractivity (Wildman–Crippen MR) is 106 cm³/mol. The number of carboxylic acid groups (broad SMARTS) is 1. The quantitative estimate of drug-likeness (QED) is 0.587. The van der Waals surface area contributed by atoms with Crippen LogP contribution in [-0.4, -0.2) is 29.1 Å². The fourth-order valence-corrected chi connectivity index (χ4v) is 2.91. The summed E-state index contributed by atoms with van der Waals surface area (Å²) in [6.45, 7) is 1.35. The van der Waals surface area contributed by atoms with E-state index in [1.165, 1.54) is 19.1 Å². The number of halogens is 1. The summed E-state index contributed by atoms with van der Waals surface area (Å²) in [6, 6.07) is 12.2. The van der Waals surface area contributed by atoms with Crippen LogP contribution in [0.1, 0.15) is 24.8 Å². The molecule has 3 aromatic rings. The minimum Gasteiger partial charge on any atom is -0.497 e. The fourth-order valence-electron chi connectivity index (χ4n) is 2.91. The number of carbonyl (C=O) groups excluding carboxylic acids is 1. The Morgan fingerprint density at radius 1 is 1.17 bits per heavy atom. The van der Waals surface area contributed by atoms with Crippen LogP contribution in [0.5, 0.6) is 5.75 Å². The van der Waals surface area contributed by atoms with Crippen molar-refractivity contribution in [1.82, 2.24) is 10.3 Å². The molecule has 0 bridgehead atoms. The molecule has 0 aliphatic rings. The van der Waals surface area contributed by atoms with Gasteiger partial charge in [0.2, 0.25) is 5.91 Å². The van der Waals surface area contributed by atoms with E-state index in [-0.39, 0.29) is 18.4 Å². The maximum atomic E-state index is 13.2. The van der Waals surface area contributed by atoms with Crippen molar-refractivity contribution >= 4 is 11.9 Å². The number of carboxylic acids is 1. The molecule has 0 saturated carbocycles. The van der Waals surface area contributed by atoms with Crippen molar-refractivity contribution in [2.24, 2.45) is 0 Å². The van der Waals surface area contributed by atoms with Gasteiger partial charge in [0, 0.05) is 18.4 Å². The SMILES string of the molecule is COc1ccc(-c2cnc(CCC(=O)NC(C)(C(=O)O)c3ccc(F)cc3)o2)cc1. The van der Waals surface area contributed by atoms with Crippen LogP contribution in [0.2, 0.25) is 0 Å². The van der Waals surface area contributed by atoms with E-state index in [0.29, 0.717) is 11.7 Å². The second-order valence-electron chi connectivity index (χ2n) is 6.83. The van der Waals surface area contributed by atoms with E-state index in [0.717, 1.165) is 23.4 Å². The molecular weight excluding hydrogens is 391 g/mol. The second-order valence-corrected chi connectivity index (χ2v) is 6.83. The standard InChI is InChI=1S/C22H21FN2O5/c1-22(21(27)28,15-5-7-16(23)8-6-15)25-19(26)11-12-20-24-13-18(30-20)14-3-9-17(29-2)10-4-14/h3-10,13H,11-12H2,1-2H3,(H,25,26)(H,27,28). The number of nitrogens with one attached hydrogen (secondary N) is 1. The van der Waals surface area contributed by atoms with Gasteiger partial charge in [-0.1, -0.05) is 12.1 Å². The van der Waals surface area contributed by atoms with Crippen LogP contribution in [0.25, 0.3) is 11.3 Å². The Balaban J connectivity index is 1.64. The summed E-state index contributed by atoms with van der Waals surface area (Å²) in [5, 5.41) is 12.1. The van der Waals surface area contributed by atoms with Crippen molar-refractivity contribution in [2.75, 3.05) is 7.11 Å². The van der Waals surface area contributed by atoms with Crippen LogP contribution in [0.3, 0.4) is 0 Å². The molecule has 1 atom stereocenters. The number of ether oxygens (including phenoxy) is 1. The van der Waals surface area contributed by atoms with Gasteiger partial charge < -0.3 is 19.6 Å². The van der Waals surface area contributed by atoms with Crippen LogP contribution in [-0.2, 0) is 21.5 Å². The van der Waals surface area contributed by atoms with E-state index in [2.05, 4.69) is 10.3 Å². The van der Waals surface area contributed by atoms with Crippen molar-refractivity contribution in [3.63, 3.8) is 0 Å². The number of aromatic nitrogens is 1. The third kappa shape index (κ3) is 4.65. The topological polar surface area (TPSA) is 102 Å². The van der Waals surface area contributed by atoms with Crippen LogP contribution < -0.4 is 10.1 Å². The lowest BCUT2D eigenvalue weighted by molar-refractivity contribution is -0.147. The summed E-state index contributed by atoms with van der Waals surface area (Å²) in [5.74, 6) is -0.606. The van der Waals surface area contributed by atoms with Crippen LogP contribution >= 0.6 is 0 Å². The Bertz CT molecular complexity index is 1030. The van der Waals surface area contributed by atoms with E-state index in [9.17, 15) is 19.1 Å². The number of benzene rings is 2. The lowest BCUT2D eigenvalue weighted by Crippen LogP contribution is -2.49. The maximum Gasteiger partial charge on any atom is 0.333 e. The number of rotatable bonds is 8. The van der Waals surface area contributed by atoms with E-state index < -0.39 is 23.2 Å². The first-order chi connectivity index (χ1) is 14.3. The number of oxazole rings is 1. The first-order valence-corrected chi connectivity index (χ1v) is 9.21. The molecule has 0 radical (unpaired) electrons. The van der Waals surface area contributed by atoms with E-state index in [1.807, 2.05) is 12.1 Å². The first kappa shape index (κ1) is 21.0. The highest BCUT2D eigenvalue weighted by molar-refractivity contribution is 5.87. The van der Waals surface area contributed by atoms with Gasteiger partial charge in [0.05, 0.1) is 13.3 Å². The van der Waals surface area contributed by atoms with E-state index in [1.54, 1.807) is 25.4 Å². The zero-order chi connectivity index (χ0) is 21.7. The molecule has 0 aliphatic carbocycles. The molecule has 3 rings (SSSR count). The van der Waals surface area contributed by atoms with Crippen LogP contribution in [0.15, 0.2) is 59.1 Å². The molecule has 0 spiro atoms. The Hall–Kier alpha value is -3.68. The van der Waals surface area contributed by atoms with Gasteiger partial charge in [0.15, 0.2) is 17.2 Å². The number of hydrogen-bond acceptors (Lipinski definition) is 5. The molecule has 1 aromatic heterocycles. The molecule has 8 heteroatoms. The summed E-state index contributed by atoms with van der Waals surface area (Å²) >= 11 is 0. The number of hydrogen-bond donors (Lipinski definition) is 2. The lowest BCUT2D eigenvalue weighted by atomic mass is 9.91. The van der Waals surface area contributed by atoms with Gasteiger partial charge in [-0.05, 0) is 48.9 Å². The molecular formula is C22H21FN2O5. The summed E-state index contributed by atoms with van der Waals surface area (Å²) in [4.78, 5) is 28.3. The third-order valence-corrected chi connectivity index (χ3v) is 4.73. The molecule has 7 nitrogen and oxygen atoms in total. The third-order valence-electron chi connectivity index (χ3n) is 4.73. The Kier molecular flexibility index (Phi) is 6.15. The molecule has 0 saturated heterocycles. The van der Waals surface area contributed by atoms with Gasteiger partial charge in [0.1, 0.15) is 11.6 Å². The van der Waals surface area contributed by atoms with Gasteiger partial charge in [-0.2, -0.15) is 0 Å². The molecule has 1 amide bonds. The predicted octanol–water partition coefficient (Wildman–Crippen LogP) is 3.54. The monoisotopic (exact) mass is 412 g/mol. The second kappa shape index (κ2) is 8.77. The zero-order valence-corrected chi connectivity index (χ0v) is 16.5. The smallest absolute Gasteiger partial charge is 0.333 e. The summed E-state index contributed by atoms with van der Waals surface area (Å²) < 4.78 is 23.9. The van der Waals surface area contributed by atoms with Gasteiger partial charge in [-0.25, -0.2) is 14.2 Å². The molecule has 2 aromatic carbocycles. The molecule has 0 aliphatic heterocycles. The molecule has 1 unspecified atom stereocenters. The average Bonchev–Trinajstić information content (AvgIpc) is 3.21. The van der Waals surface area contributed by atoms with Crippen molar-refractivity contribution < 1.29 is 28.2 Å². The fraction of sp³-hybridized carbons (Fsp3) is 0.227. The van der Waals surface area contributed by atoms with Gasteiger partial charge >= 0.3 is 5.97 Å². The normalized spacial score (nSPS) is 12.8. The number of methoxy groups -OCH3 is 1. The van der Waals surface area contributed by atoms with E-state index in [4.69, 9.17) is 9.15 Å². The Labute approximate surface area is 172 Å².